The molecule has 4 aromatic rings. The minimum absolute atomic E-state index is 0.256. The van der Waals surface area contributed by atoms with Crippen molar-refractivity contribution in [2.75, 3.05) is 0 Å². The first-order valence-electron chi connectivity index (χ1n) is 10.4. The van der Waals surface area contributed by atoms with Crippen LogP contribution in [0, 0.1) is 6.92 Å². The molecule has 3 aromatic carbocycles. The van der Waals surface area contributed by atoms with Crippen molar-refractivity contribution < 1.29 is 9.59 Å². The van der Waals surface area contributed by atoms with Gasteiger partial charge in [0.1, 0.15) is 6.04 Å². The number of rotatable bonds is 7. The average Bonchev–Trinajstić information content (AvgIpc) is 3.28. The smallest absolute Gasteiger partial charge is 0.252 e. The third-order valence-corrected chi connectivity index (χ3v) is 6.24. The second-order valence-corrected chi connectivity index (χ2v) is 8.80. The van der Waals surface area contributed by atoms with Crippen molar-refractivity contribution in [1.29, 1.82) is 0 Å². The number of nitrogens with one attached hydrogen (secondary N) is 2. The van der Waals surface area contributed by atoms with Gasteiger partial charge in [-0.25, -0.2) is 0 Å². The van der Waals surface area contributed by atoms with Crippen LogP contribution in [0.3, 0.4) is 0 Å². The molecule has 1 heterocycles. The second-order valence-electron chi connectivity index (χ2n) is 7.48. The molecule has 0 aliphatic rings. The van der Waals surface area contributed by atoms with Crippen molar-refractivity contribution >= 4 is 23.2 Å². The number of aryl methyl sites for hydroxylation is 1. The molecule has 0 spiro atoms. The lowest BCUT2D eigenvalue weighted by Crippen LogP contribution is -2.41. The van der Waals surface area contributed by atoms with Crippen molar-refractivity contribution in [3.8, 4) is 0 Å². The number of benzene rings is 3. The maximum Gasteiger partial charge on any atom is 0.252 e. The van der Waals surface area contributed by atoms with E-state index < -0.39 is 6.04 Å². The first-order chi connectivity index (χ1) is 15.6. The number of carbonyl (C=O) groups excluding carboxylic acids is 2. The van der Waals surface area contributed by atoms with E-state index in [-0.39, 0.29) is 17.9 Å². The number of amides is 2. The SMILES string of the molecule is Cc1ccc(C(NC(=O)c2ccccc2)C(=O)NC(c2ccccc2)c2ccccc2)s1. The Morgan fingerprint density at radius 3 is 1.72 bits per heavy atom. The van der Waals surface area contributed by atoms with E-state index in [1.54, 1.807) is 24.3 Å². The fraction of sp³-hybridized carbons (Fsp3) is 0.111. The fourth-order valence-electron chi connectivity index (χ4n) is 3.55. The molecule has 0 fully saturated rings. The van der Waals surface area contributed by atoms with Crippen LogP contribution in [0.2, 0.25) is 0 Å². The van der Waals surface area contributed by atoms with Crippen LogP contribution in [0.25, 0.3) is 0 Å². The summed E-state index contributed by atoms with van der Waals surface area (Å²) in [5, 5.41) is 6.10. The normalized spacial score (nSPS) is 11.7. The van der Waals surface area contributed by atoms with Gasteiger partial charge in [-0.15, -0.1) is 11.3 Å². The highest BCUT2D eigenvalue weighted by Crippen LogP contribution is 2.27. The summed E-state index contributed by atoms with van der Waals surface area (Å²) in [7, 11) is 0. The van der Waals surface area contributed by atoms with E-state index in [0.29, 0.717) is 5.56 Å². The monoisotopic (exact) mass is 440 g/mol. The molecular formula is C27H24N2O2S. The summed E-state index contributed by atoms with van der Waals surface area (Å²) in [5.41, 5.74) is 2.46. The highest BCUT2D eigenvalue weighted by Gasteiger charge is 2.27. The zero-order valence-electron chi connectivity index (χ0n) is 17.7. The zero-order valence-corrected chi connectivity index (χ0v) is 18.5. The second kappa shape index (κ2) is 10.1. The first-order valence-corrected chi connectivity index (χ1v) is 11.3. The van der Waals surface area contributed by atoms with E-state index >= 15 is 0 Å². The minimum Gasteiger partial charge on any atom is -0.343 e. The molecule has 1 unspecified atom stereocenters. The molecule has 1 aromatic heterocycles. The van der Waals surface area contributed by atoms with E-state index in [4.69, 9.17) is 0 Å². The van der Waals surface area contributed by atoms with E-state index in [1.165, 1.54) is 11.3 Å². The predicted octanol–water partition coefficient (Wildman–Crippen LogP) is 5.43. The number of hydrogen-bond donors (Lipinski definition) is 2. The van der Waals surface area contributed by atoms with Gasteiger partial charge < -0.3 is 10.6 Å². The lowest BCUT2D eigenvalue weighted by Gasteiger charge is -2.24. The van der Waals surface area contributed by atoms with Gasteiger partial charge in [-0.3, -0.25) is 9.59 Å². The summed E-state index contributed by atoms with van der Waals surface area (Å²) in [6.07, 6.45) is 0. The fourth-order valence-corrected chi connectivity index (χ4v) is 4.48. The third-order valence-electron chi connectivity index (χ3n) is 5.17. The van der Waals surface area contributed by atoms with Crippen molar-refractivity contribution in [3.05, 3.63) is 130 Å². The summed E-state index contributed by atoms with van der Waals surface area (Å²) in [6.45, 7) is 1.99. The molecule has 2 amide bonds. The Balaban J connectivity index is 1.64. The molecule has 32 heavy (non-hydrogen) atoms. The topological polar surface area (TPSA) is 58.2 Å². The van der Waals surface area contributed by atoms with E-state index in [1.807, 2.05) is 85.8 Å². The van der Waals surface area contributed by atoms with Gasteiger partial charge >= 0.3 is 0 Å². The Labute approximate surface area is 191 Å². The minimum atomic E-state index is -0.795. The van der Waals surface area contributed by atoms with E-state index in [2.05, 4.69) is 10.6 Å². The van der Waals surface area contributed by atoms with Crippen LogP contribution in [0.4, 0.5) is 0 Å². The molecule has 2 N–H and O–H groups in total. The number of thiophene rings is 1. The van der Waals surface area contributed by atoms with Crippen LogP contribution in [-0.2, 0) is 4.79 Å². The van der Waals surface area contributed by atoms with Crippen LogP contribution in [-0.4, -0.2) is 11.8 Å². The van der Waals surface area contributed by atoms with Gasteiger partial charge in [0.25, 0.3) is 5.91 Å². The molecule has 0 radical (unpaired) electrons. The molecule has 0 bridgehead atoms. The lowest BCUT2D eigenvalue weighted by atomic mass is 9.98. The van der Waals surface area contributed by atoms with Gasteiger partial charge in [-0.2, -0.15) is 0 Å². The van der Waals surface area contributed by atoms with Crippen molar-refractivity contribution in [3.63, 3.8) is 0 Å². The lowest BCUT2D eigenvalue weighted by molar-refractivity contribution is -0.123. The zero-order chi connectivity index (χ0) is 22.3. The van der Waals surface area contributed by atoms with Crippen LogP contribution < -0.4 is 10.6 Å². The van der Waals surface area contributed by atoms with Crippen LogP contribution in [0.5, 0.6) is 0 Å². The summed E-state index contributed by atoms with van der Waals surface area (Å²) >= 11 is 1.50. The number of carbonyl (C=O) groups is 2. The van der Waals surface area contributed by atoms with Gasteiger partial charge in [0.15, 0.2) is 0 Å². The van der Waals surface area contributed by atoms with Crippen molar-refractivity contribution in [1.82, 2.24) is 10.6 Å². The third kappa shape index (κ3) is 5.13. The molecule has 0 aliphatic heterocycles. The Hall–Kier alpha value is -3.70. The Morgan fingerprint density at radius 2 is 1.22 bits per heavy atom. The molecule has 0 saturated carbocycles. The highest BCUT2D eigenvalue weighted by atomic mass is 32.1. The quantitative estimate of drug-likeness (QED) is 0.402. The molecule has 0 saturated heterocycles. The highest BCUT2D eigenvalue weighted by molar-refractivity contribution is 7.12. The van der Waals surface area contributed by atoms with Crippen molar-refractivity contribution in [2.45, 2.75) is 19.0 Å². The average molecular weight is 441 g/mol. The summed E-state index contributed by atoms with van der Waals surface area (Å²) in [6, 6.07) is 31.3. The molecule has 4 nitrogen and oxygen atoms in total. The predicted molar refractivity (Wildman–Crippen MR) is 129 cm³/mol. The molecule has 1 atom stereocenters. The van der Waals surface area contributed by atoms with E-state index in [0.717, 1.165) is 20.9 Å². The van der Waals surface area contributed by atoms with Crippen LogP contribution in [0.1, 0.15) is 43.3 Å². The van der Waals surface area contributed by atoms with Gasteiger partial charge in [0.05, 0.1) is 6.04 Å². The van der Waals surface area contributed by atoms with Crippen LogP contribution >= 0.6 is 11.3 Å². The van der Waals surface area contributed by atoms with Crippen molar-refractivity contribution in [2.24, 2.45) is 0 Å². The Morgan fingerprint density at radius 1 is 0.688 bits per heavy atom. The van der Waals surface area contributed by atoms with Gasteiger partial charge in [0, 0.05) is 15.3 Å². The first kappa shape index (κ1) is 21.5. The standard InChI is InChI=1S/C27H24N2O2S/c1-19-17-18-23(32-19)25(29-26(30)22-15-9-4-10-16-22)27(31)28-24(20-11-5-2-6-12-20)21-13-7-3-8-14-21/h2-18,24-25H,1H3,(H,28,31)(H,29,30). The molecule has 0 aliphatic carbocycles. The molecule has 5 heteroatoms. The molecule has 160 valence electrons. The molecule has 4 rings (SSSR count). The molecular weight excluding hydrogens is 416 g/mol. The maximum atomic E-state index is 13.6. The largest absolute Gasteiger partial charge is 0.343 e. The van der Waals surface area contributed by atoms with E-state index in [9.17, 15) is 9.59 Å². The maximum absolute atomic E-state index is 13.6. The van der Waals surface area contributed by atoms with Gasteiger partial charge in [-0.05, 0) is 42.3 Å². The summed E-state index contributed by atoms with van der Waals surface area (Å²) in [4.78, 5) is 28.3. The Bertz CT molecular complexity index is 1130. The Kier molecular flexibility index (Phi) is 6.78. The van der Waals surface area contributed by atoms with Gasteiger partial charge in [-0.1, -0.05) is 78.9 Å². The summed E-state index contributed by atoms with van der Waals surface area (Å²) in [5.74, 6) is -0.540. The van der Waals surface area contributed by atoms with Gasteiger partial charge in [0.2, 0.25) is 5.91 Å². The van der Waals surface area contributed by atoms with Crippen LogP contribution in [0.15, 0.2) is 103 Å². The summed E-state index contributed by atoms with van der Waals surface area (Å²) < 4.78 is 0. The number of hydrogen-bond acceptors (Lipinski definition) is 3.